The molecule has 0 saturated carbocycles. The number of nitrogens with zero attached hydrogens (tertiary/aromatic N) is 3. The first-order chi connectivity index (χ1) is 14.3. The molecule has 2 aromatic heterocycles. The predicted octanol–water partition coefficient (Wildman–Crippen LogP) is 3.55. The molecule has 160 valence electrons. The molecule has 30 heavy (non-hydrogen) atoms. The molecule has 2 atom stereocenters. The van der Waals surface area contributed by atoms with Crippen LogP contribution in [0, 0.1) is 5.92 Å². The van der Waals surface area contributed by atoms with E-state index in [1.54, 1.807) is 0 Å². The van der Waals surface area contributed by atoms with Crippen molar-refractivity contribution in [3.63, 3.8) is 0 Å². The van der Waals surface area contributed by atoms with Gasteiger partial charge in [0.2, 0.25) is 5.91 Å². The standard InChI is InChI=1S/C24H33N5O/c1-15(2)11-19-18-7-6-8-21-23(18)17(12-20(27-19)24(30)26-16(3)4)13-29(21)14-22-25-9-10-28(22)5/h6-10,13,15-16,19-20,27H,11-12,14H2,1-5H3,(H,26,30)/t19-,20-/m0/s1. The van der Waals surface area contributed by atoms with Crippen LogP contribution >= 0.6 is 0 Å². The fourth-order valence-electron chi connectivity index (χ4n) is 4.58. The Bertz CT molecular complexity index is 1050. The zero-order valence-corrected chi connectivity index (χ0v) is 18.6. The Kier molecular flexibility index (Phi) is 5.69. The third-order valence-corrected chi connectivity index (χ3v) is 5.91. The van der Waals surface area contributed by atoms with E-state index in [1.807, 2.05) is 33.3 Å². The molecule has 6 heteroatoms. The minimum atomic E-state index is -0.240. The number of carbonyl (C=O) groups is 1. The number of carbonyl (C=O) groups excluding carboxylic acids is 1. The molecule has 0 aliphatic carbocycles. The second-order valence-corrected chi connectivity index (χ2v) is 9.25. The van der Waals surface area contributed by atoms with Crippen LogP contribution in [0.1, 0.15) is 57.1 Å². The molecule has 4 rings (SSSR count). The summed E-state index contributed by atoms with van der Waals surface area (Å²) in [7, 11) is 2.03. The number of rotatable bonds is 6. The van der Waals surface area contributed by atoms with Crippen LogP contribution < -0.4 is 10.6 Å². The van der Waals surface area contributed by atoms with Crippen molar-refractivity contribution in [3.8, 4) is 0 Å². The summed E-state index contributed by atoms with van der Waals surface area (Å²) < 4.78 is 4.34. The summed E-state index contributed by atoms with van der Waals surface area (Å²) in [6, 6.07) is 6.59. The third kappa shape index (κ3) is 4.01. The maximum atomic E-state index is 13.0. The third-order valence-electron chi connectivity index (χ3n) is 5.91. The molecule has 3 aromatic rings. The first-order valence-electron chi connectivity index (χ1n) is 11.0. The van der Waals surface area contributed by atoms with Gasteiger partial charge in [-0.2, -0.15) is 0 Å². The van der Waals surface area contributed by atoms with Crippen LogP contribution in [0.25, 0.3) is 10.9 Å². The predicted molar refractivity (Wildman–Crippen MR) is 120 cm³/mol. The Labute approximate surface area is 178 Å². The van der Waals surface area contributed by atoms with Crippen molar-refractivity contribution < 1.29 is 4.79 Å². The fraction of sp³-hybridized carbons (Fsp3) is 0.500. The average Bonchev–Trinajstić information content (AvgIpc) is 3.18. The second-order valence-electron chi connectivity index (χ2n) is 9.25. The highest BCUT2D eigenvalue weighted by atomic mass is 16.2. The van der Waals surface area contributed by atoms with E-state index in [-0.39, 0.29) is 24.0 Å². The van der Waals surface area contributed by atoms with Crippen LogP contribution in [-0.2, 0) is 24.8 Å². The summed E-state index contributed by atoms with van der Waals surface area (Å²) in [5.74, 6) is 1.63. The number of aryl methyl sites for hydroxylation is 1. The lowest BCUT2D eigenvalue weighted by molar-refractivity contribution is -0.123. The van der Waals surface area contributed by atoms with Crippen LogP contribution in [0.4, 0.5) is 0 Å². The van der Waals surface area contributed by atoms with Crippen LogP contribution in [-0.4, -0.2) is 32.1 Å². The molecule has 6 nitrogen and oxygen atoms in total. The molecule has 3 heterocycles. The van der Waals surface area contributed by atoms with Crippen molar-refractivity contribution in [2.45, 2.75) is 65.2 Å². The Hall–Kier alpha value is -2.60. The van der Waals surface area contributed by atoms with Gasteiger partial charge in [0.15, 0.2) is 0 Å². The quantitative estimate of drug-likeness (QED) is 0.657. The molecule has 0 saturated heterocycles. The fourth-order valence-corrected chi connectivity index (χ4v) is 4.58. The second kappa shape index (κ2) is 8.26. The first-order valence-corrected chi connectivity index (χ1v) is 11.0. The van der Waals surface area contributed by atoms with E-state index in [0.29, 0.717) is 18.9 Å². The largest absolute Gasteiger partial charge is 0.353 e. The molecular weight excluding hydrogens is 374 g/mol. The Balaban J connectivity index is 1.79. The van der Waals surface area contributed by atoms with Crippen molar-refractivity contribution in [1.29, 1.82) is 0 Å². The molecule has 1 aliphatic rings. The number of aromatic nitrogens is 3. The number of hydrogen-bond donors (Lipinski definition) is 2. The van der Waals surface area contributed by atoms with Gasteiger partial charge < -0.3 is 14.5 Å². The van der Waals surface area contributed by atoms with Crippen LogP contribution in [0.3, 0.4) is 0 Å². The highest BCUT2D eigenvalue weighted by Crippen LogP contribution is 2.36. The van der Waals surface area contributed by atoms with Gasteiger partial charge in [-0.05, 0) is 49.8 Å². The maximum absolute atomic E-state index is 13.0. The van der Waals surface area contributed by atoms with Crippen molar-refractivity contribution in [1.82, 2.24) is 24.8 Å². The van der Waals surface area contributed by atoms with Gasteiger partial charge in [-0.3, -0.25) is 10.1 Å². The molecule has 0 radical (unpaired) electrons. The Morgan fingerprint density at radius 3 is 2.77 bits per heavy atom. The van der Waals surface area contributed by atoms with Gasteiger partial charge in [0, 0.05) is 48.6 Å². The van der Waals surface area contributed by atoms with Gasteiger partial charge in [0.25, 0.3) is 0 Å². The molecule has 0 bridgehead atoms. The maximum Gasteiger partial charge on any atom is 0.237 e. The van der Waals surface area contributed by atoms with E-state index < -0.39 is 0 Å². The lowest BCUT2D eigenvalue weighted by Crippen LogP contribution is -2.48. The molecule has 1 amide bonds. The summed E-state index contributed by atoms with van der Waals surface area (Å²) in [5, 5.41) is 8.08. The van der Waals surface area contributed by atoms with Crippen LogP contribution in [0.15, 0.2) is 36.8 Å². The molecule has 0 unspecified atom stereocenters. The normalized spacial score (nSPS) is 18.9. The number of hydrogen-bond acceptors (Lipinski definition) is 3. The zero-order valence-electron chi connectivity index (χ0n) is 18.6. The van der Waals surface area contributed by atoms with Crippen molar-refractivity contribution in [3.05, 3.63) is 53.7 Å². The average molecular weight is 408 g/mol. The smallest absolute Gasteiger partial charge is 0.237 e. The lowest BCUT2D eigenvalue weighted by atomic mass is 9.94. The molecule has 0 fully saturated rings. The molecule has 2 N–H and O–H groups in total. The van der Waals surface area contributed by atoms with Gasteiger partial charge in [0.05, 0.1) is 12.6 Å². The van der Waals surface area contributed by atoms with E-state index in [0.717, 1.165) is 12.2 Å². The highest BCUT2D eigenvalue weighted by Gasteiger charge is 2.31. The Morgan fingerprint density at radius 1 is 1.30 bits per heavy atom. The molecule has 1 aromatic carbocycles. The van der Waals surface area contributed by atoms with E-state index in [9.17, 15) is 4.79 Å². The monoisotopic (exact) mass is 407 g/mol. The van der Waals surface area contributed by atoms with Gasteiger partial charge >= 0.3 is 0 Å². The number of benzene rings is 1. The Morgan fingerprint density at radius 2 is 2.10 bits per heavy atom. The molecular formula is C24H33N5O. The summed E-state index contributed by atoms with van der Waals surface area (Å²) >= 11 is 0. The summed E-state index contributed by atoms with van der Waals surface area (Å²) in [6.07, 6.45) is 7.72. The SMILES string of the molecule is CC(C)C[C@@H]1N[C@H](C(=O)NC(C)C)Cc2cn(Cc3nccn3C)c3cccc1c23. The van der Waals surface area contributed by atoms with Crippen LogP contribution in [0.5, 0.6) is 0 Å². The minimum Gasteiger partial charge on any atom is -0.353 e. The van der Waals surface area contributed by atoms with Gasteiger partial charge in [-0.1, -0.05) is 26.0 Å². The van der Waals surface area contributed by atoms with E-state index in [1.165, 1.54) is 22.0 Å². The number of imidazole rings is 1. The lowest BCUT2D eigenvalue weighted by Gasteiger charge is -2.26. The van der Waals surface area contributed by atoms with E-state index in [2.05, 4.69) is 63.0 Å². The van der Waals surface area contributed by atoms with Crippen LogP contribution in [0.2, 0.25) is 0 Å². The number of nitrogens with one attached hydrogen (secondary N) is 2. The summed E-state index contributed by atoms with van der Waals surface area (Å²) in [4.78, 5) is 17.5. The number of amides is 1. The topological polar surface area (TPSA) is 63.9 Å². The van der Waals surface area contributed by atoms with Crippen molar-refractivity contribution in [2.75, 3.05) is 0 Å². The van der Waals surface area contributed by atoms with Crippen molar-refractivity contribution >= 4 is 16.8 Å². The molecule has 1 aliphatic heterocycles. The first kappa shape index (κ1) is 20.7. The molecule has 0 spiro atoms. The zero-order chi connectivity index (χ0) is 21.4. The van der Waals surface area contributed by atoms with Crippen molar-refractivity contribution in [2.24, 2.45) is 13.0 Å². The highest BCUT2D eigenvalue weighted by molar-refractivity contribution is 5.90. The van der Waals surface area contributed by atoms with Gasteiger partial charge in [-0.25, -0.2) is 4.98 Å². The van der Waals surface area contributed by atoms with E-state index in [4.69, 9.17) is 0 Å². The van der Waals surface area contributed by atoms with E-state index >= 15 is 0 Å². The minimum absolute atomic E-state index is 0.0802. The van der Waals surface area contributed by atoms with Gasteiger partial charge in [-0.15, -0.1) is 0 Å². The summed E-state index contributed by atoms with van der Waals surface area (Å²) in [5.41, 5.74) is 3.75. The van der Waals surface area contributed by atoms with Gasteiger partial charge in [0.1, 0.15) is 5.82 Å². The summed E-state index contributed by atoms with van der Waals surface area (Å²) in [6.45, 7) is 9.22.